The molecule has 0 N–H and O–H groups in total. The summed E-state index contributed by atoms with van der Waals surface area (Å²) in [5, 5.41) is 8.00. The van der Waals surface area contributed by atoms with Crippen molar-refractivity contribution < 1.29 is 0 Å². The lowest BCUT2D eigenvalue weighted by molar-refractivity contribution is 0.529. The predicted molar refractivity (Wildman–Crippen MR) is 211 cm³/mol. The van der Waals surface area contributed by atoms with Crippen molar-refractivity contribution in [1.82, 2.24) is 0 Å². The van der Waals surface area contributed by atoms with E-state index in [1.54, 1.807) is 0 Å². The first-order valence-electron chi connectivity index (χ1n) is 18.5. The third-order valence-electron chi connectivity index (χ3n) is 9.11. The van der Waals surface area contributed by atoms with Gasteiger partial charge in [0.05, 0.1) is 0 Å². The molecule has 0 unspecified atom stereocenters. The van der Waals surface area contributed by atoms with E-state index in [4.69, 9.17) is 0 Å². The average Bonchev–Trinajstić information content (AvgIpc) is 3.48. The summed E-state index contributed by atoms with van der Waals surface area (Å²) in [6.07, 6.45) is 24.9. The van der Waals surface area contributed by atoms with Crippen molar-refractivity contribution in [3.63, 3.8) is 0 Å². The Labute approximate surface area is 284 Å². The molecule has 1 heterocycles. The Morgan fingerprint density at radius 1 is 0.326 bits per heavy atom. The van der Waals surface area contributed by atoms with Crippen LogP contribution >= 0.6 is 11.3 Å². The second-order valence-corrected chi connectivity index (χ2v) is 14.0. The summed E-state index contributed by atoms with van der Waals surface area (Å²) in [6, 6.07) is 38.5. The maximum Gasteiger partial charge on any atom is 0.0355 e. The lowest BCUT2D eigenvalue weighted by Gasteiger charge is -2.03. The first kappa shape index (κ1) is 35.7. The summed E-state index contributed by atoms with van der Waals surface area (Å²) < 4.78 is 2.76. The van der Waals surface area contributed by atoms with Gasteiger partial charge in [-0.15, -0.1) is 11.3 Å². The minimum atomic E-state index is 1.31. The van der Waals surface area contributed by atoms with Gasteiger partial charge in [0.2, 0.25) is 0 Å². The van der Waals surface area contributed by atoms with E-state index < -0.39 is 0 Å². The van der Waals surface area contributed by atoms with Gasteiger partial charge in [0.15, 0.2) is 0 Å². The Morgan fingerprint density at radius 2 is 0.587 bits per heavy atom. The van der Waals surface area contributed by atoms with Crippen LogP contribution in [0.4, 0.5) is 0 Å². The number of fused-ring (bicyclic) bond motifs is 5. The molecule has 0 fully saturated rings. The SMILES string of the molecule is CCCCCCCCCCCCCCCCCCC.c1ccc2c(c1)sc1ccccc12.c1ccc2cc3ccccc3cc2c1. The van der Waals surface area contributed by atoms with Crippen LogP contribution in [0.5, 0.6) is 0 Å². The highest BCUT2D eigenvalue weighted by molar-refractivity contribution is 7.25. The molecule has 46 heavy (non-hydrogen) atoms. The monoisotopic (exact) mass is 630 g/mol. The molecule has 244 valence electrons. The molecule has 5 aromatic carbocycles. The fourth-order valence-corrected chi connectivity index (χ4v) is 7.46. The Balaban J connectivity index is 0.000000159. The highest BCUT2D eigenvalue weighted by atomic mass is 32.1. The van der Waals surface area contributed by atoms with E-state index in [2.05, 4.69) is 123 Å². The Hall–Kier alpha value is -3.16. The van der Waals surface area contributed by atoms with Crippen molar-refractivity contribution in [2.24, 2.45) is 0 Å². The zero-order chi connectivity index (χ0) is 32.1. The maximum atomic E-state index is 2.30. The molecule has 0 aliphatic rings. The quantitative estimate of drug-likeness (QED) is 0.0737. The third kappa shape index (κ3) is 12.2. The molecular formula is C45H58S. The summed E-state index contributed by atoms with van der Waals surface area (Å²) in [5.74, 6) is 0. The van der Waals surface area contributed by atoms with Gasteiger partial charge in [0, 0.05) is 20.2 Å². The molecule has 0 atom stereocenters. The second kappa shape index (κ2) is 21.6. The minimum Gasteiger partial charge on any atom is -0.135 e. The zero-order valence-electron chi connectivity index (χ0n) is 28.8. The molecule has 0 aliphatic heterocycles. The van der Waals surface area contributed by atoms with Crippen LogP contribution < -0.4 is 0 Å². The first-order chi connectivity index (χ1) is 22.8. The topological polar surface area (TPSA) is 0 Å². The largest absolute Gasteiger partial charge is 0.135 e. The van der Waals surface area contributed by atoms with Crippen molar-refractivity contribution in [1.29, 1.82) is 0 Å². The van der Waals surface area contributed by atoms with Crippen LogP contribution in [0.15, 0.2) is 109 Å². The summed E-state index contributed by atoms with van der Waals surface area (Å²) in [6.45, 7) is 4.59. The number of hydrogen-bond acceptors (Lipinski definition) is 1. The third-order valence-corrected chi connectivity index (χ3v) is 10.3. The molecular weight excluding hydrogens is 573 g/mol. The van der Waals surface area contributed by atoms with Gasteiger partial charge in [-0.25, -0.2) is 0 Å². The van der Waals surface area contributed by atoms with Crippen LogP contribution in [-0.2, 0) is 0 Å². The normalized spacial score (nSPS) is 11.0. The van der Waals surface area contributed by atoms with E-state index in [1.165, 1.54) is 151 Å². The van der Waals surface area contributed by atoms with Crippen LogP contribution in [0.3, 0.4) is 0 Å². The summed E-state index contributed by atoms with van der Waals surface area (Å²) >= 11 is 1.86. The van der Waals surface area contributed by atoms with E-state index in [9.17, 15) is 0 Å². The smallest absolute Gasteiger partial charge is 0.0355 e. The Morgan fingerprint density at radius 3 is 0.891 bits per heavy atom. The van der Waals surface area contributed by atoms with Gasteiger partial charge >= 0.3 is 0 Å². The van der Waals surface area contributed by atoms with Gasteiger partial charge in [-0.2, -0.15) is 0 Å². The second-order valence-electron chi connectivity index (χ2n) is 12.9. The average molecular weight is 631 g/mol. The molecule has 0 bridgehead atoms. The van der Waals surface area contributed by atoms with Gasteiger partial charge in [-0.05, 0) is 45.8 Å². The Kier molecular flexibility index (Phi) is 16.8. The van der Waals surface area contributed by atoms with Gasteiger partial charge in [-0.1, -0.05) is 208 Å². The lowest BCUT2D eigenvalue weighted by atomic mass is 10.0. The van der Waals surface area contributed by atoms with Crippen molar-refractivity contribution in [2.75, 3.05) is 0 Å². The molecule has 0 nitrogen and oxygen atoms in total. The Bertz CT molecular complexity index is 1490. The fraction of sp³-hybridized carbons (Fsp3) is 0.422. The molecule has 0 amide bonds. The number of unbranched alkanes of at least 4 members (excludes halogenated alkanes) is 16. The predicted octanol–water partition coefficient (Wildman–Crippen LogP) is 15.7. The van der Waals surface area contributed by atoms with Crippen LogP contribution in [-0.4, -0.2) is 0 Å². The lowest BCUT2D eigenvalue weighted by Crippen LogP contribution is -1.83. The van der Waals surface area contributed by atoms with Crippen molar-refractivity contribution in [3.05, 3.63) is 109 Å². The highest BCUT2D eigenvalue weighted by Crippen LogP contribution is 2.33. The number of benzene rings is 5. The molecule has 0 radical (unpaired) electrons. The standard InChI is InChI=1S/C19H40.C14H10.C12H8S/c1-3-5-7-9-11-13-15-17-19-18-16-14-12-10-8-6-4-2;1-2-6-12-10-14-8-4-3-7-13(14)9-11(12)5-1;1-3-7-11-9(5-1)10-6-2-4-8-12(10)13-11/h3-19H2,1-2H3;1-10H;1-8H. The molecule has 6 rings (SSSR count). The minimum absolute atomic E-state index is 1.31. The molecule has 0 aliphatic carbocycles. The number of hydrogen-bond donors (Lipinski definition) is 0. The first-order valence-corrected chi connectivity index (χ1v) is 19.4. The van der Waals surface area contributed by atoms with Crippen molar-refractivity contribution in [2.45, 2.75) is 123 Å². The van der Waals surface area contributed by atoms with Gasteiger partial charge in [-0.3, -0.25) is 0 Å². The van der Waals surface area contributed by atoms with Crippen molar-refractivity contribution >= 4 is 53.1 Å². The molecule has 6 aromatic rings. The van der Waals surface area contributed by atoms with Gasteiger partial charge in [0.25, 0.3) is 0 Å². The van der Waals surface area contributed by atoms with Crippen LogP contribution in [0.2, 0.25) is 0 Å². The van der Waals surface area contributed by atoms with Gasteiger partial charge < -0.3 is 0 Å². The number of thiophene rings is 1. The van der Waals surface area contributed by atoms with Gasteiger partial charge in [0.1, 0.15) is 0 Å². The van der Waals surface area contributed by atoms with Crippen LogP contribution in [0.25, 0.3) is 41.7 Å². The van der Waals surface area contributed by atoms with E-state index >= 15 is 0 Å². The van der Waals surface area contributed by atoms with Crippen LogP contribution in [0, 0.1) is 0 Å². The molecule has 1 heteroatoms. The molecule has 0 saturated heterocycles. The van der Waals surface area contributed by atoms with E-state index in [0.717, 1.165) is 0 Å². The molecule has 1 aromatic heterocycles. The molecule has 0 spiro atoms. The summed E-state index contributed by atoms with van der Waals surface area (Å²) in [7, 11) is 0. The van der Waals surface area contributed by atoms with E-state index in [0.29, 0.717) is 0 Å². The number of rotatable bonds is 16. The molecule has 0 saturated carbocycles. The van der Waals surface area contributed by atoms with Crippen molar-refractivity contribution in [3.8, 4) is 0 Å². The maximum absolute atomic E-state index is 2.30. The van der Waals surface area contributed by atoms with E-state index in [1.807, 2.05) is 11.3 Å². The zero-order valence-corrected chi connectivity index (χ0v) is 29.6. The van der Waals surface area contributed by atoms with Crippen LogP contribution in [0.1, 0.15) is 123 Å². The highest BCUT2D eigenvalue weighted by Gasteiger charge is 2.01. The fourth-order valence-electron chi connectivity index (χ4n) is 6.36. The van der Waals surface area contributed by atoms with E-state index in [-0.39, 0.29) is 0 Å². The summed E-state index contributed by atoms with van der Waals surface area (Å²) in [5.41, 5.74) is 0. The summed E-state index contributed by atoms with van der Waals surface area (Å²) in [4.78, 5) is 0.